The summed E-state index contributed by atoms with van der Waals surface area (Å²) in [4.78, 5) is 22.4. The predicted molar refractivity (Wildman–Crippen MR) is 75.8 cm³/mol. The standard InChI is InChI=1S/C15H21N3O2/c1-9-7-14(17-10(2)16-9)18-12-6-4-3-5-11(12)8-13(18)15(19)20/h7,11-13H,3-6,8H2,1-2H3,(H,19,20). The van der Waals surface area contributed by atoms with Crippen LogP contribution in [-0.4, -0.2) is 33.1 Å². The number of aromatic nitrogens is 2. The van der Waals surface area contributed by atoms with Crippen molar-refractivity contribution < 1.29 is 9.90 Å². The molecule has 108 valence electrons. The molecule has 1 aromatic rings. The molecule has 5 heteroatoms. The van der Waals surface area contributed by atoms with Crippen LogP contribution < -0.4 is 4.90 Å². The van der Waals surface area contributed by atoms with Gasteiger partial charge in [0, 0.05) is 17.8 Å². The number of nitrogens with zero attached hydrogens (tertiary/aromatic N) is 3. The Morgan fingerprint density at radius 2 is 2.05 bits per heavy atom. The van der Waals surface area contributed by atoms with E-state index in [4.69, 9.17) is 0 Å². The van der Waals surface area contributed by atoms with Gasteiger partial charge < -0.3 is 10.0 Å². The quantitative estimate of drug-likeness (QED) is 0.897. The van der Waals surface area contributed by atoms with Crippen molar-refractivity contribution in [2.24, 2.45) is 5.92 Å². The van der Waals surface area contributed by atoms with E-state index >= 15 is 0 Å². The first-order valence-electron chi connectivity index (χ1n) is 7.39. The normalized spacial score (nSPS) is 29.3. The van der Waals surface area contributed by atoms with Crippen molar-refractivity contribution in [3.8, 4) is 0 Å². The van der Waals surface area contributed by atoms with Gasteiger partial charge in [-0.25, -0.2) is 14.8 Å². The molecule has 1 saturated heterocycles. The predicted octanol–water partition coefficient (Wildman–Crippen LogP) is 2.32. The number of hydrogen-bond acceptors (Lipinski definition) is 4. The number of aryl methyl sites for hydroxylation is 2. The number of carboxylic acids is 1. The smallest absolute Gasteiger partial charge is 0.326 e. The summed E-state index contributed by atoms with van der Waals surface area (Å²) < 4.78 is 0. The molecular formula is C15H21N3O2. The Labute approximate surface area is 119 Å². The molecule has 20 heavy (non-hydrogen) atoms. The minimum atomic E-state index is -0.728. The number of rotatable bonds is 2. The molecule has 0 bridgehead atoms. The van der Waals surface area contributed by atoms with Gasteiger partial charge >= 0.3 is 5.97 Å². The molecule has 2 fully saturated rings. The van der Waals surface area contributed by atoms with E-state index in [1.165, 1.54) is 12.8 Å². The third kappa shape index (κ3) is 2.25. The summed E-state index contributed by atoms with van der Waals surface area (Å²) in [5, 5.41) is 9.55. The fraction of sp³-hybridized carbons (Fsp3) is 0.667. The highest BCUT2D eigenvalue weighted by Gasteiger charge is 2.45. The maximum absolute atomic E-state index is 11.6. The van der Waals surface area contributed by atoms with Crippen LogP contribution in [0.25, 0.3) is 0 Å². The molecule has 0 radical (unpaired) electrons. The molecule has 2 heterocycles. The lowest BCUT2D eigenvalue weighted by molar-refractivity contribution is -0.138. The molecule has 1 N–H and O–H groups in total. The topological polar surface area (TPSA) is 66.3 Å². The van der Waals surface area contributed by atoms with Crippen molar-refractivity contribution in [3.63, 3.8) is 0 Å². The van der Waals surface area contributed by atoms with Gasteiger partial charge in [-0.15, -0.1) is 0 Å². The Morgan fingerprint density at radius 3 is 2.75 bits per heavy atom. The van der Waals surface area contributed by atoms with Crippen LogP contribution in [0, 0.1) is 19.8 Å². The zero-order chi connectivity index (χ0) is 14.3. The highest BCUT2D eigenvalue weighted by molar-refractivity contribution is 5.79. The van der Waals surface area contributed by atoms with Gasteiger partial charge in [0.1, 0.15) is 17.7 Å². The molecule has 2 aliphatic rings. The third-order valence-electron chi connectivity index (χ3n) is 4.59. The number of fused-ring (bicyclic) bond motifs is 1. The number of carbonyl (C=O) groups is 1. The second-order valence-corrected chi connectivity index (χ2v) is 6.02. The van der Waals surface area contributed by atoms with E-state index in [0.29, 0.717) is 17.8 Å². The average Bonchev–Trinajstić information content (AvgIpc) is 2.77. The fourth-order valence-corrected chi connectivity index (χ4v) is 3.84. The van der Waals surface area contributed by atoms with Gasteiger partial charge in [0.2, 0.25) is 0 Å². The van der Waals surface area contributed by atoms with E-state index < -0.39 is 12.0 Å². The van der Waals surface area contributed by atoms with E-state index in [9.17, 15) is 9.90 Å². The lowest BCUT2D eigenvalue weighted by Crippen LogP contribution is -2.43. The summed E-state index contributed by atoms with van der Waals surface area (Å²) in [6.45, 7) is 3.79. The molecule has 3 rings (SSSR count). The number of anilines is 1. The van der Waals surface area contributed by atoms with Crippen LogP contribution in [0.3, 0.4) is 0 Å². The minimum Gasteiger partial charge on any atom is -0.480 e. The van der Waals surface area contributed by atoms with Crippen molar-refractivity contribution in [1.29, 1.82) is 0 Å². The van der Waals surface area contributed by atoms with Crippen molar-refractivity contribution in [1.82, 2.24) is 9.97 Å². The second-order valence-electron chi connectivity index (χ2n) is 6.02. The second kappa shape index (κ2) is 5.04. The summed E-state index contributed by atoms with van der Waals surface area (Å²) in [5.74, 6) is 1.27. The Kier molecular flexibility index (Phi) is 3.36. The van der Waals surface area contributed by atoms with Gasteiger partial charge in [0.15, 0.2) is 0 Å². The molecule has 0 amide bonds. The van der Waals surface area contributed by atoms with Crippen LogP contribution >= 0.6 is 0 Å². The highest BCUT2D eigenvalue weighted by atomic mass is 16.4. The van der Waals surface area contributed by atoms with Crippen molar-refractivity contribution >= 4 is 11.8 Å². The molecule has 1 aromatic heterocycles. The summed E-state index contributed by atoms with van der Waals surface area (Å²) >= 11 is 0. The van der Waals surface area contributed by atoms with E-state index in [1.54, 1.807) is 0 Å². The molecule has 3 unspecified atom stereocenters. The van der Waals surface area contributed by atoms with Crippen LogP contribution in [0.4, 0.5) is 5.82 Å². The lowest BCUT2D eigenvalue weighted by atomic mass is 9.85. The van der Waals surface area contributed by atoms with Crippen LogP contribution in [-0.2, 0) is 4.79 Å². The summed E-state index contributed by atoms with van der Waals surface area (Å²) in [6, 6.07) is 1.82. The average molecular weight is 275 g/mol. The zero-order valence-electron chi connectivity index (χ0n) is 12.0. The monoisotopic (exact) mass is 275 g/mol. The molecular weight excluding hydrogens is 254 g/mol. The summed E-state index contributed by atoms with van der Waals surface area (Å²) in [7, 11) is 0. The largest absolute Gasteiger partial charge is 0.480 e. The van der Waals surface area contributed by atoms with Gasteiger partial charge in [0.05, 0.1) is 0 Å². The molecule has 0 aromatic carbocycles. The zero-order valence-corrected chi connectivity index (χ0v) is 12.0. The molecule has 1 aliphatic carbocycles. The van der Waals surface area contributed by atoms with Crippen LogP contribution in [0.1, 0.15) is 43.6 Å². The van der Waals surface area contributed by atoms with Crippen LogP contribution in [0.5, 0.6) is 0 Å². The first-order valence-corrected chi connectivity index (χ1v) is 7.39. The Hall–Kier alpha value is -1.65. The Balaban J connectivity index is 2.00. The number of carboxylic acid groups (broad SMARTS) is 1. The maximum atomic E-state index is 11.6. The van der Waals surface area contributed by atoms with Crippen LogP contribution in [0.15, 0.2) is 6.07 Å². The first kappa shape index (κ1) is 13.3. The van der Waals surface area contributed by atoms with Gasteiger partial charge in [0.25, 0.3) is 0 Å². The maximum Gasteiger partial charge on any atom is 0.326 e. The van der Waals surface area contributed by atoms with Crippen molar-refractivity contribution in [3.05, 3.63) is 17.6 Å². The Morgan fingerprint density at radius 1 is 1.30 bits per heavy atom. The van der Waals surface area contributed by atoms with E-state index in [2.05, 4.69) is 9.97 Å². The first-order chi connectivity index (χ1) is 9.56. The minimum absolute atomic E-state index is 0.332. The number of aliphatic carboxylic acids is 1. The Bertz CT molecular complexity index is 512. The van der Waals surface area contributed by atoms with Gasteiger partial charge in [-0.1, -0.05) is 12.8 Å². The molecule has 3 atom stereocenters. The van der Waals surface area contributed by atoms with Crippen molar-refractivity contribution in [2.75, 3.05) is 4.90 Å². The van der Waals surface area contributed by atoms with Crippen LogP contribution in [0.2, 0.25) is 0 Å². The van der Waals surface area contributed by atoms with E-state index in [1.807, 2.05) is 24.8 Å². The molecule has 5 nitrogen and oxygen atoms in total. The van der Waals surface area contributed by atoms with Crippen molar-refractivity contribution in [2.45, 2.75) is 58.0 Å². The van der Waals surface area contributed by atoms with Gasteiger partial charge in [-0.2, -0.15) is 0 Å². The third-order valence-corrected chi connectivity index (χ3v) is 4.59. The fourth-order valence-electron chi connectivity index (χ4n) is 3.84. The molecule has 1 saturated carbocycles. The van der Waals surface area contributed by atoms with E-state index in [0.717, 1.165) is 30.8 Å². The van der Waals surface area contributed by atoms with Gasteiger partial charge in [-0.3, -0.25) is 0 Å². The van der Waals surface area contributed by atoms with Gasteiger partial charge in [-0.05, 0) is 39.0 Å². The molecule has 0 spiro atoms. The SMILES string of the molecule is Cc1cc(N2C(C(=O)O)CC3CCCCC32)nc(C)n1. The molecule has 1 aliphatic heterocycles. The summed E-state index contributed by atoms with van der Waals surface area (Å²) in [6.07, 6.45) is 5.39. The highest BCUT2D eigenvalue weighted by Crippen LogP contribution is 2.41. The lowest BCUT2D eigenvalue weighted by Gasteiger charge is -2.34. The van der Waals surface area contributed by atoms with E-state index in [-0.39, 0.29) is 0 Å². The summed E-state index contributed by atoms with van der Waals surface area (Å²) in [5.41, 5.74) is 0.899. The number of hydrogen-bond donors (Lipinski definition) is 1.